The summed E-state index contributed by atoms with van der Waals surface area (Å²) in [5, 5.41) is 0. The molecule has 0 saturated carbocycles. The topological polar surface area (TPSA) is 55.8 Å². The highest BCUT2D eigenvalue weighted by atomic mass is 16.5. The van der Waals surface area contributed by atoms with Crippen molar-refractivity contribution in [2.75, 3.05) is 7.11 Å². The molecule has 0 bridgehead atoms. The first kappa shape index (κ1) is 15.0. The maximum atomic E-state index is 12.9. The van der Waals surface area contributed by atoms with Crippen LogP contribution in [-0.2, 0) is 13.1 Å². The first-order valence-electron chi connectivity index (χ1n) is 7.24. The second kappa shape index (κ2) is 6.87. The number of furan rings is 2. The van der Waals surface area contributed by atoms with Gasteiger partial charge in [-0.1, -0.05) is 6.07 Å². The maximum absolute atomic E-state index is 12.9. The monoisotopic (exact) mass is 311 g/mol. The molecule has 0 spiro atoms. The number of carbonyl (C=O) groups excluding carboxylic acids is 1. The van der Waals surface area contributed by atoms with Gasteiger partial charge in [-0.15, -0.1) is 0 Å². The summed E-state index contributed by atoms with van der Waals surface area (Å²) in [4.78, 5) is 14.5. The van der Waals surface area contributed by atoms with Crippen molar-refractivity contribution in [2.24, 2.45) is 0 Å². The standard InChI is InChI=1S/C18H17NO4/c1-21-15-6-2-5-14(11-15)18(20)19(12-16-7-3-9-22-16)13-17-8-4-10-23-17/h2-11H,12-13H2,1H3. The number of carbonyl (C=O) groups is 1. The first-order valence-corrected chi connectivity index (χ1v) is 7.24. The van der Waals surface area contributed by atoms with Gasteiger partial charge in [-0.2, -0.15) is 0 Å². The molecule has 0 N–H and O–H groups in total. The van der Waals surface area contributed by atoms with Crippen LogP contribution >= 0.6 is 0 Å². The van der Waals surface area contributed by atoms with E-state index >= 15 is 0 Å². The van der Waals surface area contributed by atoms with Gasteiger partial charge in [0.15, 0.2) is 0 Å². The molecule has 1 amide bonds. The van der Waals surface area contributed by atoms with Crippen molar-refractivity contribution >= 4 is 5.91 Å². The quantitative estimate of drug-likeness (QED) is 0.696. The normalized spacial score (nSPS) is 10.5. The number of ether oxygens (including phenoxy) is 1. The zero-order valence-electron chi connectivity index (χ0n) is 12.8. The van der Waals surface area contributed by atoms with E-state index in [1.165, 1.54) is 0 Å². The van der Waals surface area contributed by atoms with Crippen molar-refractivity contribution in [2.45, 2.75) is 13.1 Å². The lowest BCUT2D eigenvalue weighted by molar-refractivity contribution is 0.0704. The van der Waals surface area contributed by atoms with Crippen LogP contribution in [0.4, 0.5) is 0 Å². The first-order chi connectivity index (χ1) is 11.3. The van der Waals surface area contributed by atoms with Gasteiger partial charge in [0, 0.05) is 5.56 Å². The van der Waals surface area contributed by atoms with Gasteiger partial charge in [-0.05, 0) is 42.5 Å². The Bertz CT molecular complexity index is 711. The SMILES string of the molecule is COc1cccc(C(=O)N(Cc2ccco2)Cc2ccco2)c1. The molecule has 2 heterocycles. The Morgan fingerprint density at radius 2 is 1.65 bits per heavy atom. The smallest absolute Gasteiger partial charge is 0.254 e. The molecule has 0 atom stereocenters. The lowest BCUT2D eigenvalue weighted by atomic mass is 10.1. The zero-order valence-corrected chi connectivity index (χ0v) is 12.8. The predicted octanol–water partition coefficient (Wildman–Crippen LogP) is 3.72. The molecular formula is C18H17NO4. The fourth-order valence-electron chi connectivity index (χ4n) is 2.32. The van der Waals surface area contributed by atoms with Crippen LogP contribution in [0.25, 0.3) is 0 Å². The number of rotatable bonds is 6. The minimum Gasteiger partial charge on any atom is -0.497 e. The van der Waals surface area contributed by atoms with Gasteiger partial charge >= 0.3 is 0 Å². The third-order valence-corrected chi connectivity index (χ3v) is 3.46. The Morgan fingerprint density at radius 3 is 2.17 bits per heavy atom. The van der Waals surface area contributed by atoms with Crippen molar-refractivity contribution < 1.29 is 18.4 Å². The van der Waals surface area contributed by atoms with Crippen LogP contribution in [0.2, 0.25) is 0 Å². The molecule has 0 aliphatic carbocycles. The van der Waals surface area contributed by atoms with Crippen LogP contribution < -0.4 is 4.74 Å². The van der Waals surface area contributed by atoms with Crippen LogP contribution in [0.15, 0.2) is 69.9 Å². The van der Waals surface area contributed by atoms with E-state index in [1.54, 1.807) is 60.9 Å². The summed E-state index contributed by atoms with van der Waals surface area (Å²) in [5.41, 5.74) is 0.558. The lowest BCUT2D eigenvalue weighted by Gasteiger charge is -2.21. The van der Waals surface area contributed by atoms with Crippen LogP contribution in [0.5, 0.6) is 5.75 Å². The third-order valence-electron chi connectivity index (χ3n) is 3.46. The number of hydrogen-bond donors (Lipinski definition) is 0. The number of methoxy groups -OCH3 is 1. The van der Waals surface area contributed by atoms with Gasteiger partial charge in [0.05, 0.1) is 32.7 Å². The molecule has 0 saturated heterocycles. The molecule has 0 aliphatic rings. The second-order valence-corrected chi connectivity index (χ2v) is 5.05. The van der Waals surface area contributed by atoms with E-state index in [2.05, 4.69) is 0 Å². The molecule has 0 aliphatic heterocycles. The summed E-state index contributed by atoms with van der Waals surface area (Å²) in [6.45, 7) is 0.730. The highest BCUT2D eigenvalue weighted by molar-refractivity contribution is 5.94. The van der Waals surface area contributed by atoms with Gasteiger partial charge in [-0.25, -0.2) is 0 Å². The number of benzene rings is 1. The molecule has 0 radical (unpaired) electrons. The lowest BCUT2D eigenvalue weighted by Crippen LogP contribution is -2.29. The van der Waals surface area contributed by atoms with E-state index in [-0.39, 0.29) is 5.91 Å². The van der Waals surface area contributed by atoms with Crippen molar-refractivity contribution in [3.8, 4) is 5.75 Å². The molecule has 3 rings (SSSR count). The van der Waals surface area contributed by atoms with Crippen LogP contribution in [-0.4, -0.2) is 17.9 Å². The summed E-state index contributed by atoms with van der Waals surface area (Å²) >= 11 is 0. The second-order valence-electron chi connectivity index (χ2n) is 5.05. The number of amides is 1. The Labute approximate surface area is 134 Å². The third kappa shape index (κ3) is 3.63. The summed E-state index contributed by atoms with van der Waals surface area (Å²) in [6, 6.07) is 14.4. The summed E-state index contributed by atoms with van der Waals surface area (Å²) < 4.78 is 15.9. The van der Waals surface area contributed by atoms with Gasteiger partial charge in [0.1, 0.15) is 17.3 Å². The van der Waals surface area contributed by atoms with E-state index in [1.807, 2.05) is 12.1 Å². The summed E-state index contributed by atoms with van der Waals surface area (Å²) in [7, 11) is 1.58. The Hall–Kier alpha value is -2.95. The molecule has 3 aromatic rings. The van der Waals surface area contributed by atoms with Crippen molar-refractivity contribution in [3.05, 3.63) is 78.1 Å². The number of nitrogens with zero attached hydrogens (tertiary/aromatic N) is 1. The minimum absolute atomic E-state index is 0.114. The Kier molecular flexibility index (Phi) is 4.47. The van der Waals surface area contributed by atoms with Gasteiger partial charge in [0.2, 0.25) is 0 Å². The van der Waals surface area contributed by atoms with E-state index < -0.39 is 0 Å². The predicted molar refractivity (Wildman–Crippen MR) is 84.0 cm³/mol. The van der Waals surface area contributed by atoms with Crippen LogP contribution in [0.3, 0.4) is 0 Å². The van der Waals surface area contributed by atoms with Gasteiger partial charge < -0.3 is 18.5 Å². The molecule has 118 valence electrons. The van der Waals surface area contributed by atoms with Crippen molar-refractivity contribution in [3.63, 3.8) is 0 Å². The average Bonchev–Trinajstić information content (AvgIpc) is 3.27. The summed E-state index contributed by atoms with van der Waals surface area (Å²) in [6.07, 6.45) is 3.19. The highest BCUT2D eigenvalue weighted by Gasteiger charge is 2.19. The fourth-order valence-corrected chi connectivity index (χ4v) is 2.32. The van der Waals surface area contributed by atoms with Crippen LogP contribution in [0.1, 0.15) is 21.9 Å². The summed E-state index contributed by atoms with van der Waals surface area (Å²) in [5.74, 6) is 1.96. The van der Waals surface area contributed by atoms with Crippen molar-refractivity contribution in [1.29, 1.82) is 0 Å². The van der Waals surface area contributed by atoms with Crippen molar-refractivity contribution in [1.82, 2.24) is 4.90 Å². The van der Waals surface area contributed by atoms with Crippen LogP contribution in [0, 0.1) is 0 Å². The molecule has 5 nitrogen and oxygen atoms in total. The Morgan fingerprint density at radius 1 is 1.00 bits per heavy atom. The minimum atomic E-state index is -0.114. The maximum Gasteiger partial charge on any atom is 0.254 e. The molecule has 0 fully saturated rings. The van der Waals surface area contributed by atoms with Gasteiger partial charge in [-0.3, -0.25) is 4.79 Å². The van der Waals surface area contributed by atoms with E-state index in [0.717, 1.165) is 0 Å². The largest absolute Gasteiger partial charge is 0.497 e. The molecular weight excluding hydrogens is 294 g/mol. The Balaban J connectivity index is 1.84. The van der Waals surface area contributed by atoms with E-state index in [9.17, 15) is 4.79 Å². The molecule has 5 heteroatoms. The average molecular weight is 311 g/mol. The van der Waals surface area contributed by atoms with E-state index in [0.29, 0.717) is 35.9 Å². The van der Waals surface area contributed by atoms with Gasteiger partial charge in [0.25, 0.3) is 5.91 Å². The molecule has 23 heavy (non-hydrogen) atoms. The highest BCUT2D eigenvalue weighted by Crippen LogP contribution is 2.18. The molecule has 0 unspecified atom stereocenters. The fraction of sp³-hybridized carbons (Fsp3) is 0.167. The van der Waals surface area contributed by atoms with E-state index in [4.69, 9.17) is 13.6 Å². The number of hydrogen-bond acceptors (Lipinski definition) is 4. The molecule has 1 aromatic carbocycles. The zero-order chi connectivity index (χ0) is 16.1. The molecule has 2 aromatic heterocycles.